The van der Waals surface area contributed by atoms with E-state index in [0.29, 0.717) is 27.0 Å². The molecule has 4 nitrogen and oxygen atoms in total. The largest absolute Gasteiger partial charge is 0.338 e. The highest BCUT2D eigenvalue weighted by molar-refractivity contribution is 6.39. The number of amides is 1. The van der Waals surface area contributed by atoms with Crippen molar-refractivity contribution in [1.29, 1.82) is 0 Å². The Morgan fingerprint density at radius 1 is 0.933 bits per heavy atom. The minimum absolute atomic E-state index is 0.153. The van der Waals surface area contributed by atoms with Gasteiger partial charge in [0.1, 0.15) is 5.82 Å². The number of aromatic nitrogens is 2. The lowest BCUT2D eigenvalue weighted by Gasteiger charge is -2.16. The Bertz CT molecular complexity index is 1260. The Hall–Kier alpha value is -2.82. The van der Waals surface area contributed by atoms with Crippen molar-refractivity contribution in [2.45, 2.75) is 25.7 Å². The molecule has 1 heterocycles. The average molecular weight is 436 g/mol. The van der Waals surface area contributed by atoms with Crippen LogP contribution >= 0.6 is 23.2 Å². The number of aromatic amines is 1. The number of nitrogens with one attached hydrogen (secondary N) is 2. The fourth-order valence-electron chi connectivity index (χ4n) is 4.01. The highest BCUT2D eigenvalue weighted by Gasteiger charge is 2.15. The Morgan fingerprint density at radius 2 is 1.70 bits per heavy atom. The van der Waals surface area contributed by atoms with Crippen LogP contribution in [0.2, 0.25) is 10.0 Å². The second-order valence-corrected chi connectivity index (χ2v) is 8.37. The smallest absolute Gasteiger partial charge is 0.255 e. The number of hydrogen-bond donors (Lipinski definition) is 2. The monoisotopic (exact) mass is 435 g/mol. The van der Waals surface area contributed by atoms with E-state index in [0.717, 1.165) is 29.6 Å². The van der Waals surface area contributed by atoms with Crippen LogP contribution in [0.5, 0.6) is 0 Å². The third kappa shape index (κ3) is 3.57. The maximum atomic E-state index is 12.8. The molecule has 6 heteroatoms. The first-order valence-corrected chi connectivity index (χ1v) is 10.7. The van der Waals surface area contributed by atoms with E-state index in [2.05, 4.69) is 27.4 Å². The Morgan fingerprint density at radius 3 is 2.50 bits per heavy atom. The standard InChI is InChI=1S/C24H19Cl2N3O/c25-18-6-3-7-19(26)22(18)23-28-20-11-9-16(13-21(20)29-23)24(30)27-17-10-8-14-4-1-2-5-15(14)12-17/h3,6-13H,1-2,4-5H2,(H,27,30)(H,28,29). The minimum atomic E-state index is -0.153. The molecule has 0 aliphatic heterocycles. The molecule has 1 aliphatic rings. The molecule has 30 heavy (non-hydrogen) atoms. The number of carbonyl (C=O) groups is 1. The van der Waals surface area contributed by atoms with Gasteiger partial charge in [-0.3, -0.25) is 4.79 Å². The van der Waals surface area contributed by atoms with Gasteiger partial charge < -0.3 is 10.3 Å². The Kier molecular flexibility index (Phi) is 4.97. The predicted octanol–water partition coefficient (Wildman–Crippen LogP) is 6.67. The van der Waals surface area contributed by atoms with Crippen molar-refractivity contribution in [3.8, 4) is 11.4 Å². The van der Waals surface area contributed by atoms with Gasteiger partial charge in [0.15, 0.2) is 0 Å². The van der Waals surface area contributed by atoms with Crippen molar-refractivity contribution in [3.05, 3.63) is 81.3 Å². The van der Waals surface area contributed by atoms with E-state index >= 15 is 0 Å². The molecule has 1 aromatic heterocycles. The quantitative estimate of drug-likeness (QED) is 0.377. The SMILES string of the molecule is O=C(Nc1ccc2c(c1)CCCC2)c1ccc2nc(-c3c(Cl)cccc3Cl)[nH]c2c1. The van der Waals surface area contributed by atoms with Crippen LogP contribution in [-0.4, -0.2) is 15.9 Å². The van der Waals surface area contributed by atoms with E-state index in [9.17, 15) is 4.79 Å². The zero-order valence-corrected chi connectivity index (χ0v) is 17.6. The van der Waals surface area contributed by atoms with Gasteiger partial charge in [-0.2, -0.15) is 0 Å². The molecule has 0 saturated carbocycles. The lowest BCUT2D eigenvalue weighted by molar-refractivity contribution is 0.102. The summed E-state index contributed by atoms with van der Waals surface area (Å²) in [6.07, 6.45) is 4.65. The summed E-state index contributed by atoms with van der Waals surface area (Å²) in [5, 5.41) is 4.05. The maximum absolute atomic E-state index is 12.8. The fraction of sp³-hybridized carbons (Fsp3) is 0.167. The molecule has 1 amide bonds. The molecule has 0 saturated heterocycles. The fourth-order valence-corrected chi connectivity index (χ4v) is 4.58. The van der Waals surface area contributed by atoms with Crippen molar-refractivity contribution in [2.24, 2.45) is 0 Å². The summed E-state index contributed by atoms with van der Waals surface area (Å²) < 4.78 is 0. The molecule has 5 rings (SSSR count). The average Bonchev–Trinajstić information content (AvgIpc) is 3.16. The number of anilines is 1. The summed E-state index contributed by atoms with van der Waals surface area (Å²) in [7, 11) is 0. The van der Waals surface area contributed by atoms with E-state index in [-0.39, 0.29) is 5.91 Å². The van der Waals surface area contributed by atoms with Crippen molar-refractivity contribution in [2.75, 3.05) is 5.32 Å². The number of nitrogens with zero attached hydrogens (tertiary/aromatic N) is 1. The number of fused-ring (bicyclic) bond motifs is 2. The molecule has 150 valence electrons. The van der Waals surface area contributed by atoms with Gasteiger partial charge in [0.2, 0.25) is 0 Å². The van der Waals surface area contributed by atoms with Gasteiger partial charge in [-0.15, -0.1) is 0 Å². The topological polar surface area (TPSA) is 57.8 Å². The highest BCUT2D eigenvalue weighted by atomic mass is 35.5. The third-order valence-electron chi connectivity index (χ3n) is 5.55. The maximum Gasteiger partial charge on any atom is 0.255 e. The van der Waals surface area contributed by atoms with Crippen molar-refractivity contribution in [3.63, 3.8) is 0 Å². The predicted molar refractivity (Wildman–Crippen MR) is 123 cm³/mol. The van der Waals surface area contributed by atoms with Crippen LogP contribution in [0.3, 0.4) is 0 Å². The van der Waals surface area contributed by atoms with Gasteiger partial charge in [-0.1, -0.05) is 35.3 Å². The summed E-state index contributed by atoms with van der Waals surface area (Å²) in [6.45, 7) is 0. The van der Waals surface area contributed by atoms with Crippen LogP contribution in [0.25, 0.3) is 22.4 Å². The van der Waals surface area contributed by atoms with Crippen LogP contribution in [0, 0.1) is 0 Å². The second-order valence-electron chi connectivity index (χ2n) is 7.56. The molecule has 0 unspecified atom stereocenters. The molecule has 0 spiro atoms. The number of imidazole rings is 1. The van der Waals surface area contributed by atoms with Crippen LogP contribution < -0.4 is 5.32 Å². The van der Waals surface area contributed by atoms with E-state index in [1.807, 2.05) is 12.1 Å². The number of hydrogen-bond acceptors (Lipinski definition) is 2. The summed E-state index contributed by atoms with van der Waals surface area (Å²) in [6, 6.07) is 16.9. The summed E-state index contributed by atoms with van der Waals surface area (Å²) >= 11 is 12.6. The minimum Gasteiger partial charge on any atom is -0.338 e. The van der Waals surface area contributed by atoms with Gasteiger partial charge in [0.05, 0.1) is 26.6 Å². The van der Waals surface area contributed by atoms with Crippen LogP contribution in [0.15, 0.2) is 54.6 Å². The highest BCUT2D eigenvalue weighted by Crippen LogP contribution is 2.34. The van der Waals surface area contributed by atoms with E-state index < -0.39 is 0 Å². The molecular weight excluding hydrogens is 417 g/mol. The molecule has 1 aliphatic carbocycles. The van der Waals surface area contributed by atoms with Gasteiger partial charge in [-0.25, -0.2) is 4.98 Å². The third-order valence-corrected chi connectivity index (χ3v) is 6.18. The normalized spacial score (nSPS) is 13.3. The zero-order valence-electron chi connectivity index (χ0n) is 16.1. The molecule has 0 bridgehead atoms. The first-order chi connectivity index (χ1) is 14.6. The molecule has 0 atom stereocenters. The number of halogens is 2. The first-order valence-electron chi connectivity index (χ1n) is 9.96. The molecule has 0 fully saturated rings. The Labute approximate surface area is 184 Å². The molecule has 4 aromatic rings. The first kappa shape index (κ1) is 19.2. The van der Waals surface area contributed by atoms with Crippen molar-refractivity contribution < 1.29 is 4.79 Å². The summed E-state index contributed by atoms with van der Waals surface area (Å²) in [5.74, 6) is 0.424. The van der Waals surface area contributed by atoms with Gasteiger partial charge in [0, 0.05) is 11.3 Å². The number of aryl methyl sites for hydroxylation is 2. The number of rotatable bonds is 3. The van der Waals surface area contributed by atoms with Crippen molar-refractivity contribution >= 4 is 45.8 Å². The Balaban J connectivity index is 1.43. The van der Waals surface area contributed by atoms with Gasteiger partial charge in [-0.05, 0) is 79.3 Å². The summed E-state index contributed by atoms with van der Waals surface area (Å²) in [4.78, 5) is 20.6. The molecule has 0 radical (unpaired) electrons. The van der Waals surface area contributed by atoms with Gasteiger partial charge >= 0.3 is 0 Å². The van der Waals surface area contributed by atoms with E-state index in [4.69, 9.17) is 23.2 Å². The second kappa shape index (κ2) is 7.78. The zero-order chi connectivity index (χ0) is 20.7. The van der Waals surface area contributed by atoms with Crippen LogP contribution in [0.4, 0.5) is 5.69 Å². The van der Waals surface area contributed by atoms with E-state index in [1.54, 1.807) is 30.3 Å². The number of H-pyrrole nitrogens is 1. The summed E-state index contributed by atoms with van der Waals surface area (Å²) in [5.41, 5.74) is 6.25. The molecule has 2 N–H and O–H groups in total. The molecule has 3 aromatic carbocycles. The molecular formula is C24H19Cl2N3O. The van der Waals surface area contributed by atoms with Crippen LogP contribution in [-0.2, 0) is 12.8 Å². The number of benzene rings is 3. The van der Waals surface area contributed by atoms with E-state index in [1.165, 1.54) is 24.0 Å². The number of carbonyl (C=O) groups excluding carboxylic acids is 1. The van der Waals surface area contributed by atoms with Crippen molar-refractivity contribution in [1.82, 2.24) is 9.97 Å². The van der Waals surface area contributed by atoms with Crippen LogP contribution in [0.1, 0.15) is 34.3 Å². The van der Waals surface area contributed by atoms with Gasteiger partial charge in [0.25, 0.3) is 5.91 Å². The lowest BCUT2D eigenvalue weighted by atomic mass is 9.91. The lowest BCUT2D eigenvalue weighted by Crippen LogP contribution is -2.13.